The van der Waals surface area contributed by atoms with Gasteiger partial charge in [-0.15, -0.1) is 0 Å². The van der Waals surface area contributed by atoms with Crippen LogP contribution in [0.25, 0.3) is 124 Å². The molecule has 0 unspecified atom stereocenters. The van der Waals surface area contributed by atoms with Gasteiger partial charge in [-0.3, -0.25) is 0 Å². The molecule has 6 heteroatoms. The Morgan fingerprint density at radius 1 is 0.319 bits per heavy atom. The number of hydrogen-bond donors (Lipinski definition) is 0. The molecule has 0 aliphatic heterocycles. The molecule has 0 saturated heterocycles. The Hall–Kier alpha value is -9.00. The van der Waals surface area contributed by atoms with Gasteiger partial charge in [-0.05, 0) is 58.7 Å². The van der Waals surface area contributed by atoms with Gasteiger partial charge < -0.3 is 8.83 Å². The Kier molecular flexibility index (Phi) is 9.41. The summed E-state index contributed by atoms with van der Waals surface area (Å²) in [5, 5.41) is 1.92. The molecule has 0 radical (unpaired) electrons. The highest BCUT2D eigenvalue weighted by Gasteiger charge is 2.37. The van der Waals surface area contributed by atoms with Crippen molar-refractivity contribution in [3.63, 3.8) is 0 Å². The largest absolute Gasteiger partial charge is 0.455 e. The second-order valence-corrected chi connectivity index (χ2v) is 18.1. The van der Waals surface area contributed by atoms with Crippen molar-refractivity contribution in [3.05, 3.63) is 230 Å². The van der Waals surface area contributed by atoms with Crippen LogP contribution in [-0.2, 0) is 5.41 Å². The van der Waals surface area contributed by atoms with Crippen LogP contribution in [0.4, 0.5) is 0 Å². The number of nitrogens with zero attached hydrogens (tertiary/aromatic N) is 4. The summed E-state index contributed by atoms with van der Waals surface area (Å²) in [6, 6.07) is 75.1. The fourth-order valence-corrected chi connectivity index (χ4v) is 10.1. The lowest BCUT2D eigenvalue weighted by atomic mass is 9.81. The minimum atomic E-state index is -0.385. The Morgan fingerprint density at radius 3 is 0.986 bits per heavy atom. The van der Waals surface area contributed by atoms with E-state index in [9.17, 15) is 0 Å². The number of furan rings is 2. The van der Waals surface area contributed by atoms with Gasteiger partial charge in [0.1, 0.15) is 22.7 Å². The minimum Gasteiger partial charge on any atom is -0.455 e. The molecule has 4 heterocycles. The first-order valence-corrected chi connectivity index (χ1v) is 23.3. The Morgan fingerprint density at radius 2 is 0.638 bits per heavy atom. The van der Waals surface area contributed by atoms with Crippen molar-refractivity contribution in [1.82, 2.24) is 19.9 Å². The maximum atomic E-state index is 6.87. The maximum Gasteiger partial charge on any atom is 0.164 e. The molecule has 12 aromatic rings. The molecule has 0 atom stereocenters. The molecule has 0 fully saturated rings. The van der Waals surface area contributed by atoms with E-state index in [1.54, 1.807) is 0 Å². The van der Waals surface area contributed by atoms with Crippen molar-refractivity contribution in [3.8, 4) is 102 Å². The molecule has 326 valence electrons. The number of benzene rings is 8. The fourth-order valence-electron chi connectivity index (χ4n) is 10.1. The first-order chi connectivity index (χ1) is 33.9. The first-order valence-electron chi connectivity index (χ1n) is 23.3. The minimum absolute atomic E-state index is 0.385. The quantitative estimate of drug-likeness (QED) is 0.151. The zero-order valence-electron chi connectivity index (χ0n) is 37.9. The average molecular weight is 887 g/mol. The summed E-state index contributed by atoms with van der Waals surface area (Å²) in [6.45, 7) is 4.61. The van der Waals surface area contributed by atoms with Gasteiger partial charge in [0, 0.05) is 49.6 Å². The number of aromatic nitrogens is 4. The lowest BCUT2D eigenvalue weighted by molar-refractivity contribution is 0.629. The van der Waals surface area contributed by atoms with Crippen LogP contribution in [0.2, 0.25) is 0 Å². The summed E-state index contributed by atoms with van der Waals surface area (Å²) in [5.74, 6) is 2.68. The maximum absolute atomic E-state index is 6.87. The van der Waals surface area contributed by atoms with Crippen molar-refractivity contribution >= 4 is 21.9 Å². The van der Waals surface area contributed by atoms with Crippen LogP contribution in [0.3, 0.4) is 0 Å². The molecule has 0 saturated carbocycles. The summed E-state index contributed by atoms with van der Waals surface area (Å²) in [4.78, 5) is 21.1. The zero-order chi connectivity index (χ0) is 46.1. The van der Waals surface area contributed by atoms with E-state index in [1.165, 1.54) is 22.3 Å². The van der Waals surface area contributed by atoms with Crippen molar-refractivity contribution in [1.29, 1.82) is 0 Å². The average Bonchev–Trinajstić information content (AvgIpc) is 4.07. The van der Waals surface area contributed by atoms with E-state index in [4.69, 9.17) is 28.8 Å². The first kappa shape index (κ1) is 40.3. The third-order valence-electron chi connectivity index (χ3n) is 13.6. The normalized spacial score (nSPS) is 12.6. The van der Waals surface area contributed by atoms with Crippen LogP contribution >= 0.6 is 0 Å². The molecule has 1 aliphatic rings. The van der Waals surface area contributed by atoms with E-state index in [1.807, 2.05) is 109 Å². The van der Waals surface area contributed by atoms with E-state index in [0.717, 1.165) is 101 Å². The standard InChI is InChI=1S/C63H42N4O2/c1-63(2)49-35-43(59-57(47-27-15-17-29-55(47)68-59)61-64-51(39-19-7-3-8-20-39)37-52(65-61)40-21-9-4-10-22-40)31-33-45(49)46-34-32-44(36-50(46)63)60-58(48-28-16-18-30-56(48)69-60)62-66-53(41-23-11-5-12-24-41)38-54(67-62)42-25-13-6-14-26-42/h3-38H,1-2H3. The summed E-state index contributed by atoms with van der Waals surface area (Å²) in [7, 11) is 0. The lowest BCUT2D eigenvalue weighted by Gasteiger charge is -2.22. The van der Waals surface area contributed by atoms with Gasteiger partial charge in [-0.1, -0.05) is 196 Å². The molecule has 69 heavy (non-hydrogen) atoms. The molecular formula is C63H42N4O2. The van der Waals surface area contributed by atoms with Crippen molar-refractivity contribution in [2.75, 3.05) is 0 Å². The van der Waals surface area contributed by atoms with Crippen LogP contribution in [0.5, 0.6) is 0 Å². The molecule has 4 aromatic heterocycles. The molecule has 13 rings (SSSR count). The van der Waals surface area contributed by atoms with E-state index >= 15 is 0 Å². The van der Waals surface area contributed by atoms with E-state index in [2.05, 4.69) is 123 Å². The Bertz CT molecular complexity index is 3540. The van der Waals surface area contributed by atoms with Crippen LogP contribution in [0.15, 0.2) is 227 Å². The summed E-state index contributed by atoms with van der Waals surface area (Å²) >= 11 is 0. The van der Waals surface area contributed by atoms with Gasteiger partial charge in [-0.2, -0.15) is 0 Å². The molecule has 0 amide bonds. The summed E-state index contributed by atoms with van der Waals surface area (Å²) in [6.07, 6.45) is 0. The SMILES string of the molecule is CC1(C)c2cc(-c3oc4ccccc4c3-c3nc(-c4ccccc4)cc(-c4ccccc4)n3)ccc2-c2ccc(-c3oc4ccccc4c3-c3nc(-c4ccccc4)cc(-c4ccccc4)n3)cc21. The third kappa shape index (κ3) is 6.87. The second kappa shape index (κ2) is 16.1. The van der Waals surface area contributed by atoms with E-state index in [0.29, 0.717) is 11.6 Å². The van der Waals surface area contributed by atoms with Crippen molar-refractivity contribution < 1.29 is 8.83 Å². The smallest absolute Gasteiger partial charge is 0.164 e. The van der Waals surface area contributed by atoms with E-state index < -0.39 is 0 Å². The molecule has 6 nitrogen and oxygen atoms in total. The second-order valence-electron chi connectivity index (χ2n) is 18.1. The summed E-state index contributed by atoms with van der Waals surface area (Å²) < 4.78 is 13.7. The summed E-state index contributed by atoms with van der Waals surface area (Å²) in [5.41, 5.74) is 17.1. The highest BCUT2D eigenvalue weighted by atomic mass is 16.3. The monoisotopic (exact) mass is 886 g/mol. The molecule has 0 bridgehead atoms. The molecule has 1 aliphatic carbocycles. The van der Waals surface area contributed by atoms with Crippen molar-refractivity contribution in [2.24, 2.45) is 0 Å². The number of rotatable bonds is 8. The molecule has 8 aromatic carbocycles. The fraction of sp³-hybridized carbons (Fsp3) is 0.0476. The van der Waals surface area contributed by atoms with E-state index in [-0.39, 0.29) is 5.41 Å². The highest BCUT2D eigenvalue weighted by molar-refractivity contribution is 6.03. The van der Waals surface area contributed by atoms with Crippen LogP contribution in [-0.4, -0.2) is 19.9 Å². The number of fused-ring (bicyclic) bond motifs is 5. The van der Waals surface area contributed by atoms with Crippen LogP contribution in [0.1, 0.15) is 25.0 Å². The predicted molar refractivity (Wildman–Crippen MR) is 278 cm³/mol. The zero-order valence-corrected chi connectivity index (χ0v) is 37.9. The molecule has 0 N–H and O–H groups in total. The van der Waals surface area contributed by atoms with Crippen LogP contribution < -0.4 is 0 Å². The highest BCUT2D eigenvalue weighted by Crippen LogP contribution is 2.53. The van der Waals surface area contributed by atoms with Gasteiger partial charge in [0.2, 0.25) is 0 Å². The lowest BCUT2D eigenvalue weighted by Crippen LogP contribution is -2.15. The molecular weight excluding hydrogens is 845 g/mol. The third-order valence-corrected chi connectivity index (χ3v) is 13.6. The topological polar surface area (TPSA) is 77.8 Å². The van der Waals surface area contributed by atoms with Gasteiger partial charge in [0.15, 0.2) is 11.6 Å². The van der Waals surface area contributed by atoms with Crippen molar-refractivity contribution in [2.45, 2.75) is 19.3 Å². The Labute approximate surface area is 399 Å². The van der Waals surface area contributed by atoms with Gasteiger partial charge >= 0.3 is 0 Å². The van der Waals surface area contributed by atoms with Gasteiger partial charge in [0.25, 0.3) is 0 Å². The Balaban J connectivity index is 0.943. The molecule has 0 spiro atoms. The predicted octanol–water partition coefficient (Wildman–Crippen LogP) is 16.4. The van der Waals surface area contributed by atoms with Gasteiger partial charge in [0.05, 0.1) is 33.9 Å². The number of hydrogen-bond acceptors (Lipinski definition) is 6. The number of para-hydroxylation sites is 2. The van der Waals surface area contributed by atoms with Gasteiger partial charge in [-0.25, -0.2) is 19.9 Å². The van der Waals surface area contributed by atoms with Crippen LogP contribution in [0, 0.1) is 0 Å².